The molecule has 0 aromatic heterocycles. The minimum absolute atomic E-state index is 0.0199. The van der Waals surface area contributed by atoms with Gasteiger partial charge in [0, 0.05) is 72.2 Å². The van der Waals surface area contributed by atoms with Crippen molar-refractivity contribution < 1.29 is 113 Å². The number of carboxylic acid groups (broad SMARTS) is 2. The number of aliphatic carboxylic acids is 2. The van der Waals surface area contributed by atoms with Crippen molar-refractivity contribution in [3.8, 4) is 103 Å². The van der Waals surface area contributed by atoms with Gasteiger partial charge in [-0.05, 0) is 552 Å². The summed E-state index contributed by atoms with van der Waals surface area (Å²) in [5, 5.41) is 99.9. The highest BCUT2D eigenvalue weighted by molar-refractivity contribution is 14.1. The van der Waals surface area contributed by atoms with E-state index >= 15 is 0 Å². The fraction of sp³-hybridized carbons (Fsp3) is 0.238. The van der Waals surface area contributed by atoms with Gasteiger partial charge in [0.2, 0.25) is 17.7 Å². The Labute approximate surface area is 962 Å². The number of aromatic hydroxyl groups is 6. The molecular formula is C101H102I11N5O23. The Bertz CT molecular complexity index is 5920. The Morgan fingerprint density at radius 1 is 0.321 bits per heavy atom. The van der Waals surface area contributed by atoms with Crippen LogP contribution in [-0.2, 0) is 72.0 Å². The number of aliphatic hydroxyl groups excluding tert-OH is 2. The number of ether oxygens (including phenoxy) is 8. The molecule has 2 atom stereocenters. The van der Waals surface area contributed by atoms with Crippen LogP contribution in [0, 0.1) is 53.1 Å². The predicted molar refractivity (Wildman–Crippen MR) is 631 cm³/mol. The maximum atomic E-state index is 11.9. The van der Waals surface area contributed by atoms with Crippen LogP contribution in [0.4, 0.5) is 0 Å². The summed E-state index contributed by atoms with van der Waals surface area (Å²) in [7, 11) is 3.26. The third-order valence-corrected chi connectivity index (χ3v) is 28.1. The minimum atomic E-state index is -1.02. The van der Waals surface area contributed by atoms with Gasteiger partial charge in [0.05, 0.1) is 59.1 Å². The number of carboxylic acids is 2. The summed E-state index contributed by atoms with van der Waals surface area (Å²) in [6, 6.07) is 60.6. The summed E-state index contributed by atoms with van der Waals surface area (Å²) in [5.41, 5.74) is 19.4. The van der Waals surface area contributed by atoms with E-state index in [1.807, 2.05) is 109 Å². The number of phenols is 6. The molecule has 28 nitrogen and oxygen atoms in total. The SMILES string of the molecule is COCCCNC(=O)CCc1cc(I)c(Oc2ccc(O)cc2)c(I)c1.COCCNC(=O)CCc1cc(I)c(Oc2ccc(O)cc2)c(I)c1.Cc1cc(CCC(=O)O)cc(C)c1Oc1ccc(O)cc1.N[C@@H](CO)Cc1cc(I)c(Oc2ccc(O)cc2)c(I)c1.N[C@@H](Cc1cc(I)c(Oc2ccc(O)c(I)c2)c(I)c1)C(=O)O.O=C(CCc1cc(I)c(Oc2ccc(O)cc2)c(I)c1)NCCO. The van der Waals surface area contributed by atoms with Crippen molar-refractivity contribution in [2.75, 3.05) is 60.3 Å². The summed E-state index contributed by atoms with van der Waals surface area (Å²) >= 11 is 24.1. The van der Waals surface area contributed by atoms with Gasteiger partial charge in [0.25, 0.3) is 0 Å². The van der Waals surface area contributed by atoms with Gasteiger partial charge >= 0.3 is 11.9 Å². The molecule has 0 fully saturated rings. The van der Waals surface area contributed by atoms with Gasteiger partial charge in [0.15, 0.2) is 28.7 Å². The topological polar surface area (TPSA) is 450 Å². The number of carbonyl (C=O) groups is 5. The number of phenolic OH excluding ortho intramolecular Hbond substituents is 6. The quantitative estimate of drug-likeness (QED) is 0.0126. The highest BCUT2D eigenvalue weighted by Crippen LogP contribution is 2.41. The molecule has 0 unspecified atom stereocenters. The highest BCUT2D eigenvalue weighted by Gasteiger charge is 2.21. The fourth-order valence-electron chi connectivity index (χ4n) is 12.3. The Balaban J connectivity index is 0.000000229. The number of nitrogens with one attached hydrogen (secondary N) is 3. The molecule has 0 spiro atoms. The second-order valence-corrected chi connectivity index (χ2v) is 43.3. The molecule has 0 bridgehead atoms. The number of amides is 3. The first-order chi connectivity index (χ1) is 66.7. The lowest BCUT2D eigenvalue weighted by Gasteiger charge is -2.14. The zero-order valence-electron chi connectivity index (χ0n) is 75.7. The Kier molecular flexibility index (Phi) is 54.8. The molecule has 12 rings (SSSR count). The first-order valence-corrected chi connectivity index (χ1v) is 54.5. The number of hydrogen-bond donors (Lipinski definition) is 15. The van der Waals surface area contributed by atoms with E-state index in [2.05, 4.69) is 242 Å². The lowest BCUT2D eigenvalue weighted by atomic mass is 10.0. The van der Waals surface area contributed by atoms with Crippen molar-refractivity contribution in [2.24, 2.45) is 11.5 Å². The van der Waals surface area contributed by atoms with Crippen molar-refractivity contribution in [1.29, 1.82) is 0 Å². The lowest BCUT2D eigenvalue weighted by molar-refractivity contribution is -0.139. The molecule has 17 N–H and O–H groups in total. The van der Waals surface area contributed by atoms with E-state index in [0.29, 0.717) is 121 Å². The van der Waals surface area contributed by atoms with Crippen molar-refractivity contribution in [2.45, 2.75) is 96.6 Å². The van der Waals surface area contributed by atoms with E-state index in [1.54, 1.807) is 154 Å². The molecule has 746 valence electrons. The second-order valence-electron chi connectivity index (χ2n) is 30.5. The van der Waals surface area contributed by atoms with Crippen LogP contribution in [-0.4, -0.2) is 153 Å². The predicted octanol–water partition coefficient (Wildman–Crippen LogP) is 23.0. The van der Waals surface area contributed by atoms with Crippen molar-refractivity contribution in [3.63, 3.8) is 0 Å². The molecule has 0 aliphatic rings. The van der Waals surface area contributed by atoms with Crippen LogP contribution in [0.2, 0.25) is 0 Å². The standard InChI is InChI=1S/C19H21I2NO4.C18H19I2NO4.C17H17I2NO4.C17H18O4.C15H12I3NO4.C15H15I2NO3/c1-25-10-2-9-22-18(24)8-3-13-11-16(20)19(17(21)12-13)26-15-6-4-14(23)5-7-15;1-24-9-8-21-17(23)7-2-12-10-15(19)18(16(20)11-12)25-14-5-3-13(22)4-6-14;18-14-9-11(1-6-16(23)20-7-8-21)10-15(19)17(14)24-13-4-2-12(22)3-5-13;1-11-9-13(3-8-16(19)20)10-12(2)17(11)21-15-6-4-14(18)5-7-15;16-9-6-8(1-2-13(9)20)23-14-10(17)3-7(4-11(14)18)5-12(19)15(21)22;16-13-6-9(5-10(18)8-19)7-14(17)15(13)21-12-3-1-11(20)2-4-12/h4-7,11-12,23H,2-3,8-10H2,1H3,(H,22,24);3-6,10-11,22H,2,7-9H2,1H3,(H,21,23);2-5,9-10,21-22H,1,6-8H2,(H,20,23);4-7,9-10,18H,3,8H2,1-2H3,(H,19,20);1-4,6,12,20H,5,19H2,(H,21,22);1-4,6-7,10,19-20H,5,8,18H2/t;;;;12-;10-/m....01/s1. The van der Waals surface area contributed by atoms with Crippen LogP contribution >= 0.6 is 248 Å². The van der Waals surface area contributed by atoms with E-state index in [1.165, 1.54) is 0 Å². The smallest absolute Gasteiger partial charge is 0.320 e. The van der Waals surface area contributed by atoms with Gasteiger partial charge in [-0.25, -0.2) is 0 Å². The zero-order chi connectivity index (χ0) is 103. The molecule has 0 saturated heterocycles. The number of halogens is 11. The third-order valence-electron chi connectivity index (χ3n) is 19.2. The molecule has 0 aliphatic carbocycles. The molecule has 0 heterocycles. The maximum absolute atomic E-state index is 11.9. The average molecular weight is 3150 g/mol. The number of benzene rings is 12. The molecule has 39 heteroatoms. The summed E-state index contributed by atoms with van der Waals surface area (Å²) < 4.78 is 55.5. The molecule has 140 heavy (non-hydrogen) atoms. The van der Waals surface area contributed by atoms with Crippen LogP contribution in [0.25, 0.3) is 0 Å². The van der Waals surface area contributed by atoms with Crippen LogP contribution in [0.1, 0.15) is 76.6 Å². The fourth-order valence-corrected chi connectivity index (χ4v) is 23.4. The van der Waals surface area contributed by atoms with E-state index in [9.17, 15) is 54.6 Å². The molecule has 0 radical (unpaired) electrons. The second kappa shape index (κ2) is 63.7. The van der Waals surface area contributed by atoms with Crippen molar-refractivity contribution in [3.05, 3.63) is 296 Å². The summed E-state index contributed by atoms with van der Waals surface area (Å²) in [5.74, 6) is 7.89. The van der Waals surface area contributed by atoms with E-state index in [0.717, 1.165) is 115 Å². The number of aliphatic hydroxyl groups is 2. The summed E-state index contributed by atoms with van der Waals surface area (Å²) in [4.78, 5) is 56.8. The van der Waals surface area contributed by atoms with E-state index in [-0.39, 0.29) is 90.9 Å². The molecule has 0 aliphatic heterocycles. The summed E-state index contributed by atoms with van der Waals surface area (Å²) in [6.45, 7) is 6.42. The van der Waals surface area contributed by atoms with E-state index in [4.69, 9.17) is 69.8 Å². The molecule has 12 aromatic rings. The number of aryl methyl sites for hydroxylation is 6. The first kappa shape index (κ1) is 120. The molecule has 0 saturated carbocycles. The summed E-state index contributed by atoms with van der Waals surface area (Å²) in [6.07, 6.45) is 5.60. The molecule has 12 aromatic carbocycles. The van der Waals surface area contributed by atoms with Gasteiger partial charge in [0.1, 0.15) is 80.8 Å². The highest BCUT2D eigenvalue weighted by atomic mass is 127. The van der Waals surface area contributed by atoms with Gasteiger partial charge in [-0.1, -0.05) is 12.1 Å². The van der Waals surface area contributed by atoms with Crippen molar-refractivity contribution in [1.82, 2.24) is 16.0 Å². The Morgan fingerprint density at radius 3 is 0.886 bits per heavy atom. The maximum Gasteiger partial charge on any atom is 0.320 e. The van der Waals surface area contributed by atoms with Crippen LogP contribution in [0.3, 0.4) is 0 Å². The number of hydrogen-bond acceptors (Lipinski definition) is 23. The molecular weight excluding hydrogens is 3050 g/mol. The largest absolute Gasteiger partial charge is 0.508 e. The number of carbonyl (C=O) groups excluding carboxylic acids is 3. The normalized spacial score (nSPS) is 11.0. The number of methoxy groups -OCH3 is 2. The van der Waals surface area contributed by atoms with Crippen LogP contribution < -0.4 is 55.8 Å². The van der Waals surface area contributed by atoms with Gasteiger partial charge in [-0.2, -0.15) is 0 Å². The zero-order valence-corrected chi connectivity index (χ0v) is 99.4. The Hall–Kier alpha value is -6.62. The van der Waals surface area contributed by atoms with Crippen LogP contribution in [0.15, 0.2) is 212 Å². The molecule has 3 amide bonds. The number of rotatable bonds is 39. The van der Waals surface area contributed by atoms with Gasteiger partial charge < -0.3 is 116 Å². The van der Waals surface area contributed by atoms with E-state index < -0.39 is 18.0 Å². The first-order valence-electron chi connectivity index (χ1n) is 42.7. The van der Waals surface area contributed by atoms with Gasteiger partial charge in [-0.15, -0.1) is 0 Å². The lowest BCUT2D eigenvalue weighted by Crippen LogP contribution is -2.32. The van der Waals surface area contributed by atoms with Gasteiger partial charge in [-0.3, -0.25) is 24.0 Å². The average Bonchev–Trinajstić information content (AvgIpc) is 0.854. The monoisotopic (exact) mass is 3150 g/mol. The third kappa shape index (κ3) is 44.0. The minimum Gasteiger partial charge on any atom is -0.508 e. The van der Waals surface area contributed by atoms with Crippen molar-refractivity contribution >= 4 is 278 Å². The number of nitrogens with two attached hydrogens (primary N) is 2. The van der Waals surface area contributed by atoms with Crippen LogP contribution in [0.5, 0.6) is 103 Å². The Morgan fingerprint density at radius 2 is 0.593 bits per heavy atom.